The van der Waals surface area contributed by atoms with Gasteiger partial charge in [0.05, 0.1) is 20.3 Å². The topological polar surface area (TPSA) is 78.6 Å². The summed E-state index contributed by atoms with van der Waals surface area (Å²) in [5.41, 5.74) is 0.538. The highest BCUT2D eigenvalue weighted by Gasteiger charge is 2.28. The van der Waals surface area contributed by atoms with Crippen molar-refractivity contribution in [2.45, 2.75) is 38.8 Å². The molecule has 8 heteroatoms. The van der Waals surface area contributed by atoms with Gasteiger partial charge in [0.15, 0.2) is 0 Å². The third kappa shape index (κ3) is 4.11. The standard InChI is InChI=1S/C20H28N4O4/c1-4-23-18(21-24(20(23)26)12-13-27-2)15-8-10-22(11-9-15)19(25)16-6-5-7-17(14-16)28-3/h5-7,14-15H,4,8-13H2,1-3H3. The van der Waals surface area contributed by atoms with Crippen molar-refractivity contribution >= 4 is 5.91 Å². The van der Waals surface area contributed by atoms with E-state index >= 15 is 0 Å². The molecule has 0 radical (unpaired) electrons. The second-order valence-corrected chi connectivity index (χ2v) is 6.90. The summed E-state index contributed by atoms with van der Waals surface area (Å²) in [4.78, 5) is 27.2. The van der Waals surface area contributed by atoms with Crippen LogP contribution in [-0.4, -0.2) is 59.1 Å². The maximum absolute atomic E-state index is 12.8. The van der Waals surface area contributed by atoms with Crippen molar-refractivity contribution in [3.05, 3.63) is 46.1 Å². The van der Waals surface area contributed by atoms with E-state index in [0.717, 1.165) is 18.7 Å². The minimum atomic E-state index is -0.0931. The minimum absolute atomic E-state index is 0.0101. The highest BCUT2D eigenvalue weighted by Crippen LogP contribution is 2.27. The van der Waals surface area contributed by atoms with E-state index in [9.17, 15) is 9.59 Å². The van der Waals surface area contributed by atoms with Gasteiger partial charge in [0.25, 0.3) is 5.91 Å². The van der Waals surface area contributed by atoms with Crippen molar-refractivity contribution in [1.82, 2.24) is 19.2 Å². The molecule has 0 unspecified atom stereocenters. The van der Waals surface area contributed by atoms with E-state index in [4.69, 9.17) is 9.47 Å². The first kappa shape index (κ1) is 20.1. The molecule has 0 saturated carbocycles. The van der Waals surface area contributed by atoms with Crippen LogP contribution in [0.1, 0.15) is 41.9 Å². The van der Waals surface area contributed by atoms with Crippen LogP contribution in [0, 0.1) is 0 Å². The molecule has 8 nitrogen and oxygen atoms in total. The molecule has 1 saturated heterocycles. The van der Waals surface area contributed by atoms with Crippen LogP contribution in [-0.2, 0) is 17.8 Å². The Morgan fingerprint density at radius 3 is 2.64 bits per heavy atom. The molecule has 0 N–H and O–H groups in total. The maximum atomic E-state index is 12.8. The number of hydrogen-bond acceptors (Lipinski definition) is 5. The number of nitrogens with zero attached hydrogens (tertiary/aromatic N) is 4. The molecule has 152 valence electrons. The van der Waals surface area contributed by atoms with E-state index in [-0.39, 0.29) is 17.5 Å². The highest BCUT2D eigenvalue weighted by molar-refractivity contribution is 5.94. The van der Waals surface area contributed by atoms with Crippen molar-refractivity contribution in [3.63, 3.8) is 0 Å². The lowest BCUT2D eigenvalue weighted by Crippen LogP contribution is -2.38. The van der Waals surface area contributed by atoms with Crippen molar-refractivity contribution in [3.8, 4) is 5.75 Å². The Morgan fingerprint density at radius 2 is 2.00 bits per heavy atom. The lowest BCUT2D eigenvalue weighted by atomic mass is 9.95. The second kappa shape index (κ2) is 9.05. The van der Waals surface area contributed by atoms with Gasteiger partial charge in [-0.1, -0.05) is 6.07 Å². The number of ether oxygens (including phenoxy) is 2. The first-order valence-electron chi connectivity index (χ1n) is 9.68. The van der Waals surface area contributed by atoms with Crippen molar-refractivity contribution in [2.75, 3.05) is 33.9 Å². The molecule has 3 rings (SSSR count). The van der Waals surface area contributed by atoms with Gasteiger partial charge < -0.3 is 14.4 Å². The van der Waals surface area contributed by atoms with Crippen LogP contribution < -0.4 is 10.4 Å². The maximum Gasteiger partial charge on any atom is 0.345 e. The average Bonchev–Trinajstić information content (AvgIpc) is 3.07. The van der Waals surface area contributed by atoms with Gasteiger partial charge in [-0.25, -0.2) is 9.48 Å². The van der Waals surface area contributed by atoms with E-state index in [1.165, 1.54) is 4.68 Å². The number of aromatic nitrogens is 3. The summed E-state index contributed by atoms with van der Waals surface area (Å²) in [6.45, 7) is 4.72. The quantitative estimate of drug-likeness (QED) is 0.722. The van der Waals surface area contributed by atoms with Crippen molar-refractivity contribution in [1.29, 1.82) is 0 Å². The zero-order valence-corrected chi connectivity index (χ0v) is 16.8. The SMILES string of the molecule is CCn1c(C2CCN(C(=O)c3cccc(OC)c3)CC2)nn(CCOC)c1=O. The Balaban J connectivity index is 1.70. The molecule has 1 amide bonds. The summed E-state index contributed by atoms with van der Waals surface area (Å²) in [6, 6.07) is 7.22. The molecule has 2 heterocycles. The van der Waals surface area contributed by atoms with E-state index < -0.39 is 0 Å². The van der Waals surface area contributed by atoms with E-state index in [1.807, 2.05) is 30.0 Å². The molecule has 28 heavy (non-hydrogen) atoms. The first-order chi connectivity index (χ1) is 13.6. The molecule has 1 aromatic carbocycles. The number of hydrogen-bond donors (Lipinski definition) is 0. The molecule has 0 atom stereocenters. The lowest BCUT2D eigenvalue weighted by Gasteiger charge is -2.31. The highest BCUT2D eigenvalue weighted by atomic mass is 16.5. The fourth-order valence-corrected chi connectivity index (χ4v) is 3.66. The molecular formula is C20H28N4O4. The predicted molar refractivity (Wildman–Crippen MR) is 105 cm³/mol. The molecule has 1 fully saturated rings. The summed E-state index contributed by atoms with van der Waals surface area (Å²) in [5.74, 6) is 1.67. The Bertz CT molecular complexity index is 865. The second-order valence-electron chi connectivity index (χ2n) is 6.90. The Morgan fingerprint density at radius 1 is 1.25 bits per heavy atom. The zero-order chi connectivity index (χ0) is 20.1. The summed E-state index contributed by atoms with van der Waals surface area (Å²) in [6.07, 6.45) is 1.58. The number of carbonyl (C=O) groups excluding carboxylic acids is 1. The van der Waals surface area contributed by atoms with E-state index in [1.54, 1.807) is 24.9 Å². The van der Waals surface area contributed by atoms with Gasteiger partial charge in [-0.2, -0.15) is 5.10 Å². The number of amides is 1. The van der Waals surface area contributed by atoms with Crippen molar-refractivity contribution < 1.29 is 14.3 Å². The number of rotatable bonds is 7. The molecule has 0 spiro atoms. The summed E-state index contributed by atoms with van der Waals surface area (Å²) < 4.78 is 13.5. The Kier molecular flexibility index (Phi) is 6.51. The fraction of sp³-hybridized carbons (Fsp3) is 0.550. The van der Waals surface area contributed by atoms with Gasteiger partial charge in [-0.05, 0) is 38.0 Å². The van der Waals surface area contributed by atoms with Crippen LogP contribution in [0.2, 0.25) is 0 Å². The molecular weight excluding hydrogens is 360 g/mol. The van der Waals surface area contributed by atoms with E-state index in [2.05, 4.69) is 5.10 Å². The summed E-state index contributed by atoms with van der Waals surface area (Å²) >= 11 is 0. The smallest absolute Gasteiger partial charge is 0.345 e. The van der Waals surface area contributed by atoms with Crippen LogP contribution >= 0.6 is 0 Å². The van der Waals surface area contributed by atoms with Crippen molar-refractivity contribution in [2.24, 2.45) is 0 Å². The third-order valence-electron chi connectivity index (χ3n) is 5.24. The molecule has 0 bridgehead atoms. The van der Waals surface area contributed by atoms with Gasteiger partial charge in [-0.15, -0.1) is 0 Å². The average molecular weight is 388 g/mol. The van der Waals surface area contributed by atoms with Gasteiger partial charge in [-0.3, -0.25) is 9.36 Å². The number of benzene rings is 1. The number of methoxy groups -OCH3 is 2. The Hall–Kier alpha value is -2.61. The molecule has 1 aliphatic heterocycles. The normalized spacial score (nSPS) is 15.0. The minimum Gasteiger partial charge on any atom is -0.497 e. The third-order valence-corrected chi connectivity index (χ3v) is 5.24. The van der Waals surface area contributed by atoms with E-state index in [0.29, 0.717) is 44.1 Å². The van der Waals surface area contributed by atoms with Crippen LogP contribution in [0.3, 0.4) is 0 Å². The fourth-order valence-electron chi connectivity index (χ4n) is 3.66. The van der Waals surface area contributed by atoms with Crippen LogP contribution in [0.5, 0.6) is 5.75 Å². The first-order valence-corrected chi connectivity index (χ1v) is 9.68. The lowest BCUT2D eigenvalue weighted by molar-refractivity contribution is 0.0709. The van der Waals surface area contributed by atoms with Crippen LogP contribution in [0.4, 0.5) is 0 Å². The summed E-state index contributed by atoms with van der Waals surface area (Å²) in [7, 11) is 3.20. The molecule has 1 aliphatic rings. The largest absolute Gasteiger partial charge is 0.497 e. The molecule has 1 aromatic heterocycles. The number of piperidine rings is 1. The van der Waals surface area contributed by atoms with Gasteiger partial charge in [0.2, 0.25) is 0 Å². The zero-order valence-electron chi connectivity index (χ0n) is 16.8. The van der Waals surface area contributed by atoms with Gasteiger partial charge >= 0.3 is 5.69 Å². The van der Waals surface area contributed by atoms with Crippen LogP contribution in [0.25, 0.3) is 0 Å². The monoisotopic (exact) mass is 388 g/mol. The predicted octanol–water partition coefficient (Wildman–Crippen LogP) is 1.74. The van der Waals surface area contributed by atoms with Gasteiger partial charge in [0, 0.05) is 38.2 Å². The molecule has 2 aromatic rings. The Labute approximate surface area is 164 Å². The molecule has 0 aliphatic carbocycles. The number of likely N-dealkylation sites (tertiary alicyclic amines) is 1. The number of carbonyl (C=O) groups is 1. The summed E-state index contributed by atoms with van der Waals surface area (Å²) in [5, 5.41) is 4.56. The van der Waals surface area contributed by atoms with Crippen LogP contribution in [0.15, 0.2) is 29.1 Å². The van der Waals surface area contributed by atoms with Gasteiger partial charge in [0.1, 0.15) is 11.6 Å².